The van der Waals surface area contributed by atoms with Crippen LogP contribution in [0.15, 0.2) is 0 Å². The van der Waals surface area contributed by atoms with Crippen LogP contribution in [0.4, 0.5) is 0 Å². The van der Waals surface area contributed by atoms with Crippen molar-refractivity contribution in [3.8, 4) is 0 Å². The average molecular weight is 294 g/mol. The molecule has 1 aliphatic rings. The van der Waals surface area contributed by atoms with Crippen LogP contribution in [0.1, 0.15) is 71.1 Å². The van der Waals surface area contributed by atoms with Gasteiger partial charge in [0.05, 0.1) is 6.10 Å². The predicted molar refractivity (Wildman–Crippen MR) is 72.7 cm³/mol. The SMILES string of the molecule is CCCCCCCC(O)CCCCC1OS(=O)(=O)O1. The highest BCUT2D eigenvalue weighted by Crippen LogP contribution is 2.23. The van der Waals surface area contributed by atoms with E-state index in [0.29, 0.717) is 6.42 Å². The van der Waals surface area contributed by atoms with E-state index >= 15 is 0 Å². The highest BCUT2D eigenvalue weighted by atomic mass is 32.3. The summed E-state index contributed by atoms with van der Waals surface area (Å²) in [6.07, 6.45) is 9.14. The Morgan fingerprint density at radius 1 is 1.00 bits per heavy atom. The van der Waals surface area contributed by atoms with Gasteiger partial charge in [-0.1, -0.05) is 45.4 Å². The molecule has 0 bridgehead atoms. The van der Waals surface area contributed by atoms with Crippen LogP contribution in [0.5, 0.6) is 0 Å². The normalized spacial score (nSPS) is 20.1. The van der Waals surface area contributed by atoms with E-state index in [0.717, 1.165) is 32.1 Å². The van der Waals surface area contributed by atoms with E-state index in [9.17, 15) is 13.5 Å². The molecule has 0 amide bonds. The van der Waals surface area contributed by atoms with E-state index in [1.165, 1.54) is 25.7 Å². The molecule has 0 spiro atoms. The smallest absolute Gasteiger partial charge is 0.393 e. The van der Waals surface area contributed by atoms with Crippen LogP contribution in [-0.2, 0) is 18.8 Å². The van der Waals surface area contributed by atoms with Crippen LogP contribution in [0.25, 0.3) is 0 Å². The second kappa shape index (κ2) is 8.89. The fourth-order valence-electron chi connectivity index (χ4n) is 2.19. The molecule has 0 aliphatic carbocycles. The largest absolute Gasteiger partial charge is 0.404 e. The molecule has 0 aromatic heterocycles. The number of hydrogen-bond acceptors (Lipinski definition) is 5. The number of aliphatic hydroxyl groups excluding tert-OH is 1. The third kappa shape index (κ3) is 7.87. The fourth-order valence-corrected chi connectivity index (χ4v) is 2.92. The predicted octanol–water partition coefficient (Wildman–Crippen LogP) is 2.89. The highest BCUT2D eigenvalue weighted by Gasteiger charge is 2.35. The average Bonchev–Trinajstić information content (AvgIpc) is 2.32. The summed E-state index contributed by atoms with van der Waals surface area (Å²) in [5.74, 6) is 0. The van der Waals surface area contributed by atoms with E-state index in [1.807, 2.05) is 0 Å². The van der Waals surface area contributed by atoms with E-state index in [1.54, 1.807) is 0 Å². The summed E-state index contributed by atoms with van der Waals surface area (Å²) in [6.45, 7) is 2.19. The van der Waals surface area contributed by atoms with Crippen LogP contribution in [0.3, 0.4) is 0 Å². The quantitative estimate of drug-likeness (QED) is 0.593. The molecular formula is C13H26O5S. The van der Waals surface area contributed by atoms with E-state index in [2.05, 4.69) is 15.3 Å². The Bertz CT molecular complexity index is 316. The second-order valence-electron chi connectivity index (χ2n) is 5.17. The van der Waals surface area contributed by atoms with Crippen molar-refractivity contribution in [2.45, 2.75) is 83.5 Å². The van der Waals surface area contributed by atoms with Gasteiger partial charge in [-0.3, -0.25) is 0 Å². The van der Waals surface area contributed by atoms with Crippen molar-refractivity contribution in [2.24, 2.45) is 0 Å². The Morgan fingerprint density at radius 2 is 1.58 bits per heavy atom. The van der Waals surface area contributed by atoms with Gasteiger partial charge in [0, 0.05) is 6.42 Å². The molecule has 1 fully saturated rings. The van der Waals surface area contributed by atoms with Gasteiger partial charge in [0.15, 0.2) is 6.29 Å². The Hall–Kier alpha value is -0.170. The maximum absolute atomic E-state index is 10.5. The molecule has 19 heavy (non-hydrogen) atoms. The summed E-state index contributed by atoms with van der Waals surface area (Å²) in [7, 11) is -3.65. The summed E-state index contributed by atoms with van der Waals surface area (Å²) in [5, 5.41) is 9.77. The topological polar surface area (TPSA) is 72.8 Å². The van der Waals surface area contributed by atoms with Gasteiger partial charge in [-0.2, -0.15) is 8.42 Å². The van der Waals surface area contributed by atoms with Crippen LogP contribution in [0, 0.1) is 0 Å². The van der Waals surface area contributed by atoms with Crippen molar-refractivity contribution in [1.82, 2.24) is 0 Å². The zero-order chi connectivity index (χ0) is 14.1. The Balaban J connectivity index is 1.86. The third-order valence-electron chi connectivity index (χ3n) is 3.32. The molecule has 1 aliphatic heterocycles. The summed E-state index contributed by atoms with van der Waals surface area (Å²) in [4.78, 5) is 0. The maximum Gasteiger partial charge on any atom is 0.404 e. The van der Waals surface area contributed by atoms with Gasteiger partial charge in [-0.15, -0.1) is 0 Å². The molecule has 1 atom stereocenters. The highest BCUT2D eigenvalue weighted by molar-refractivity contribution is 7.82. The Kier molecular flexibility index (Phi) is 7.90. The van der Waals surface area contributed by atoms with Crippen molar-refractivity contribution in [3.05, 3.63) is 0 Å². The lowest BCUT2D eigenvalue weighted by molar-refractivity contribution is -0.0845. The van der Waals surface area contributed by atoms with Gasteiger partial charge in [-0.25, -0.2) is 8.37 Å². The number of rotatable bonds is 11. The molecule has 1 unspecified atom stereocenters. The van der Waals surface area contributed by atoms with Gasteiger partial charge >= 0.3 is 10.4 Å². The standard InChI is InChI=1S/C13H26O5S/c1-2-3-4-5-6-9-12(14)10-7-8-11-13-17-19(15,16)18-13/h12-14H,2-11H2,1H3. The van der Waals surface area contributed by atoms with Gasteiger partial charge in [0.2, 0.25) is 0 Å². The van der Waals surface area contributed by atoms with Gasteiger partial charge < -0.3 is 5.11 Å². The van der Waals surface area contributed by atoms with Crippen molar-refractivity contribution in [2.75, 3.05) is 0 Å². The van der Waals surface area contributed by atoms with Crippen LogP contribution < -0.4 is 0 Å². The summed E-state index contributed by atoms with van der Waals surface area (Å²) >= 11 is 0. The zero-order valence-corrected chi connectivity index (χ0v) is 12.5. The molecule has 5 nitrogen and oxygen atoms in total. The van der Waals surface area contributed by atoms with Crippen molar-refractivity contribution < 1.29 is 21.9 Å². The summed E-state index contributed by atoms with van der Waals surface area (Å²) in [5.41, 5.74) is 0. The van der Waals surface area contributed by atoms with Crippen LogP contribution >= 0.6 is 0 Å². The molecule has 1 saturated heterocycles. The van der Waals surface area contributed by atoms with Crippen molar-refractivity contribution in [3.63, 3.8) is 0 Å². The molecule has 0 radical (unpaired) electrons. The lowest BCUT2D eigenvalue weighted by atomic mass is 10.0. The van der Waals surface area contributed by atoms with Gasteiger partial charge in [0.1, 0.15) is 0 Å². The first-order valence-corrected chi connectivity index (χ1v) is 8.66. The van der Waals surface area contributed by atoms with E-state index < -0.39 is 16.7 Å². The molecule has 1 heterocycles. The first-order valence-electron chi connectivity index (χ1n) is 7.33. The first kappa shape index (κ1) is 16.9. The molecule has 1 rings (SSSR count). The van der Waals surface area contributed by atoms with Crippen molar-refractivity contribution >= 4 is 10.4 Å². The molecule has 0 aromatic rings. The molecule has 0 saturated carbocycles. The second-order valence-corrected chi connectivity index (χ2v) is 6.37. The molecule has 1 N–H and O–H groups in total. The molecule has 114 valence electrons. The number of unbranched alkanes of at least 4 members (excludes halogenated alkanes) is 5. The Labute approximate surface area is 116 Å². The minimum absolute atomic E-state index is 0.228. The summed E-state index contributed by atoms with van der Waals surface area (Å²) in [6, 6.07) is 0. The Morgan fingerprint density at radius 3 is 2.16 bits per heavy atom. The van der Waals surface area contributed by atoms with E-state index in [4.69, 9.17) is 0 Å². The first-order chi connectivity index (χ1) is 9.03. The molecular weight excluding hydrogens is 268 g/mol. The van der Waals surface area contributed by atoms with Crippen LogP contribution in [0.2, 0.25) is 0 Å². The van der Waals surface area contributed by atoms with Gasteiger partial charge in [-0.05, 0) is 19.3 Å². The molecule has 6 heteroatoms. The fraction of sp³-hybridized carbons (Fsp3) is 1.00. The van der Waals surface area contributed by atoms with E-state index in [-0.39, 0.29) is 6.10 Å². The third-order valence-corrected chi connectivity index (χ3v) is 4.22. The lowest BCUT2D eigenvalue weighted by Gasteiger charge is -2.24. The minimum atomic E-state index is -3.65. The summed E-state index contributed by atoms with van der Waals surface area (Å²) < 4.78 is 30.1. The monoisotopic (exact) mass is 294 g/mol. The zero-order valence-electron chi connectivity index (χ0n) is 11.7. The maximum atomic E-state index is 10.5. The lowest BCUT2D eigenvalue weighted by Crippen LogP contribution is -2.35. The molecule has 0 aromatic carbocycles. The van der Waals surface area contributed by atoms with Gasteiger partial charge in [0.25, 0.3) is 0 Å². The minimum Gasteiger partial charge on any atom is -0.393 e. The van der Waals surface area contributed by atoms with Crippen molar-refractivity contribution in [1.29, 1.82) is 0 Å². The number of hydrogen-bond donors (Lipinski definition) is 1. The van der Waals surface area contributed by atoms with Crippen LogP contribution in [-0.4, -0.2) is 25.9 Å². The number of aliphatic hydroxyl groups is 1.